The minimum absolute atomic E-state index is 0.245. The molecule has 0 fully saturated rings. The average Bonchev–Trinajstić information content (AvgIpc) is 2.94. The Labute approximate surface area is 236 Å². The van der Waals surface area contributed by atoms with E-state index >= 15 is 0 Å². The van der Waals surface area contributed by atoms with Gasteiger partial charge in [0.1, 0.15) is 0 Å². The fourth-order valence-corrected chi connectivity index (χ4v) is 4.53. The molecule has 0 aliphatic rings. The summed E-state index contributed by atoms with van der Waals surface area (Å²) < 4.78 is 8.36. The first-order valence-corrected chi connectivity index (χ1v) is 17.2. The maximum atomic E-state index is 9.59. The lowest BCUT2D eigenvalue weighted by Crippen LogP contribution is -1.88. The van der Waals surface area contributed by atoms with E-state index in [0.717, 1.165) is 7.11 Å². The van der Waals surface area contributed by atoms with Gasteiger partial charge in [-0.25, -0.2) is 0 Å². The van der Waals surface area contributed by atoms with Crippen LogP contribution in [0.15, 0.2) is 91.0 Å². The Balaban J connectivity index is -0.000000400. The smallest absolute Gasteiger partial charge is 0.302 e. The van der Waals surface area contributed by atoms with Gasteiger partial charge in [0.2, 0.25) is 0 Å². The Morgan fingerprint density at radius 3 is 0.919 bits per heavy atom. The number of rotatable bonds is 6. The van der Waals surface area contributed by atoms with Crippen LogP contribution in [0.25, 0.3) is 0 Å². The number of aliphatic hydroxyl groups is 1. The van der Waals surface area contributed by atoms with Crippen LogP contribution in [0.1, 0.15) is 23.6 Å². The van der Waals surface area contributed by atoms with Crippen LogP contribution in [0, 0.1) is 0 Å². The highest BCUT2D eigenvalue weighted by molar-refractivity contribution is 6.09. The summed E-state index contributed by atoms with van der Waals surface area (Å²) in [5.41, 5.74) is 4.44. The van der Waals surface area contributed by atoms with Crippen molar-refractivity contribution >= 4 is 36.7 Å². The summed E-state index contributed by atoms with van der Waals surface area (Å²) in [7, 11) is 9.57. The monoisotopic (exact) mass is 560 g/mol. The second-order valence-corrected chi connectivity index (χ2v) is 10.8. The van der Waals surface area contributed by atoms with Gasteiger partial charge in [-0.15, -0.1) is 0 Å². The SMILES string of the molecule is CO.COC.COC(C)=O.[SiH3]CCc1ccccc1.[SiH3]CCc1ccccc1.[SiH3]CCc1ccccc1. The molecule has 3 rings (SSSR count). The number of methoxy groups -OCH3 is 2. The van der Waals surface area contributed by atoms with Gasteiger partial charge in [0.05, 0.1) is 7.11 Å². The summed E-state index contributed by atoms with van der Waals surface area (Å²) in [6.07, 6.45) is 3.81. The van der Waals surface area contributed by atoms with Crippen LogP contribution in [0.2, 0.25) is 18.1 Å². The number of carbonyl (C=O) groups excluding carboxylic acids is 1. The highest BCUT2D eigenvalue weighted by Crippen LogP contribution is 2.01. The summed E-state index contributed by atoms with van der Waals surface area (Å²) in [5.74, 6) is -0.245. The fourth-order valence-electron chi connectivity index (χ4n) is 2.80. The molecular formula is C30H52O4Si3. The van der Waals surface area contributed by atoms with E-state index in [1.165, 1.54) is 98.8 Å². The molecule has 0 atom stereocenters. The third-order valence-corrected chi connectivity index (χ3v) is 5.93. The Morgan fingerprint density at radius 1 is 0.595 bits per heavy atom. The lowest BCUT2D eigenvalue weighted by molar-refractivity contribution is -0.137. The van der Waals surface area contributed by atoms with Gasteiger partial charge in [0.15, 0.2) is 0 Å². The van der Waals surface area contributed by atoms with Crippen molar-refractivity contribution in [1.29, 1.82) is 0 Å². The second-order valence-electron chi connectivity index (χ2n) is 7.81. The predicted molar refractivity (Wildman–Crippen MR) is 173 cm³/mol. The molecule has 37 heavy (non-hydrogen) atoms. The number of aryl methyl sites for hydroxylation is 3. The van der Waals surface area contributed by atoms with E-state index in [1.807, 2.05) is 0 Å². The Bertz CT molecular complexity index is 706. The molecule has 1 N–H and O–H groups in total. The molecule has 0 unspecified atom stereocenters. The zero-order valence-corrected chi connectivity index (χ0v) is 30.6. The van der Waals surface area contributed by atoms with Crippen LogP contribution >= 0.6 is 0 Å². The lowest BCUT2D eigenvalue weighted by atomic mass is 10.2. The van der Waals surface area contributed by atoms with Gasteiger partial charge >= 0.3 is 5.97 Å². The maximum Gasteiger partial charge on any atom is 0.302 e. The molecule has 0 radical (unpaired) electrons. The minimum Gasteiger partial charge on any atom is -0.469 e. The van der Waals surface area contributed by atoms with Gasteiger partial charge in [-0.2, -0.15) is 0 Å². The third-order valence-electron chi connectivity index (χ3n) is 4.43. The highest BCUT2D eigenvalue weighted by atomic mass is 28.2. The number of hydrogen-bond acceptors (Lipinski definition) is 4. The van der Waals surface area contributed by atoms with Crippen molar-refractivity contribution in [3.05, 3.63) is 108 Å². The Hall–Kier alpha value is -2.30. The molecule has 0 aliphatic carbocycles. The molecule has 0 saturated heterocycles. The van der Waals surface area contributed by atoms with Crippen LogP contribution in [-0.4, -0.2) is 70.2 Å². The van der Waals surface area contributed by atoms with Crippen LogP contribution in [0.3, 0.4) is 0 Å². The number of aliphatic hydroxyl groups excluding tert-OH is 1. The van der Waals surface area contributed by atoms with Crippen molar-refractivity contribution in [1.82, 2.24) is 0 Å². The molecule has 208 valence electrons. The average molecular weight is 561 g/mol. The predicted octanol–water partition coefficient (Wildman–Crippen LogP) is 3.09. The van der Waals surface area contributed by atoms with E-state index in [1.54, 1.807) is 14.2 Å². The molecular weight excluding hydrogens is 509 g/mol. The number of carbonyl (C=O) groups is 1. The van der Waals surface area contributed by atoms with Crippen molar-refractivity contribution in [3.8, 4) is 0 Å². The zero-order valence-electron chi connectivity index (χ0n) is 24.6. The van der Waals surface area contributed by atoms with Gasteiger partial charge < -0.3 is 14.6 Å². The van der Waals surface area contributed by atoms with Gasteiger partial charge in [0.25, 0.3) is 0 Å². The van der Waals surface area contributed by atoms with Crippen LogP contribution in [-0.2, 0) is 33.5 Å². The molecule has 0 aliphatic heterocycles. The molecule has 0 heterocycles. The van der Waals surface area contributed by atoms with E-state index < -0.39 is 0 Å². The summed E-state index contributed by atoms with van der Waals surface area (Å²) >= 11 is 0. The summed E-state index contributed by atoms with van der Waals surface area (Å²) in [6.45, 7) is 1.36. The number of ether oxygens (including phenoxy) is 2. The largest absolute Gasteiger partial charge is 0.469 e. The molecule has 0 aromatic heterocycles. The summed E-state index contributed by atoms with van der Waals surface area (Å²) in [4.78, 5) is 9.59. The van der Waals surface area contributed by atoms with Gasteiger partial charge in [0, 0.05) is 59.0 Å². The molecule has 0 spiro atoms. The molecule has 4 nitrogen and oxygen atoms in total. The summed E-state index contributed by atoms with van der Waals surface area (Å²) in [6, 6.07) is 36.1. The van der Waals surface area contributed by atoms with E-state index in [9.17, 15) is 4.79 Å². The van der Waals surface area contributed by atoms with Crippen molar-refractivity contribution in [2.45, 2.75) is 44.3 Å². The van der Waals surface area contributed by atoms with Crippen LogP contribution in [0.5, 0.6) is 0 Å². The standard InChI is InChI=1S/3C8H12Si.C3H6O2.C2H6O.CH4O/c3*9-7-6-8-4-2-1-3-5-8;1-3(4)5-2;1-3-2;1-2/h3*1-5H,6-7H2,9H3;1-2H3;1-2H3;2H,1H3. The summed E-state index contributed by atoms with van der Waals surface area (Å²) in [5, 5.41) is 7.00. The molecule has 0 saturated carbocycles. The van der Waals surface area contributed by atoms with Crippen LogP contribution < -0.4 is 0 Å². The lowest BCUT2D eigenvalue weighted by Gasteiger charge is -1.93. The van der Waals surface area contributed by atoms with Crippen molar-refractivity contribution in [2.24, 2.45) is 0 Å². The van der Waals surface area contributed by atoms with E-state index in [0.29, 0.717) is 0 Å². The zero-order chi connectivity index (χ0) is 28.6. The van der Waals surface area contributed by atoms with E-state index in [4.69, 9.17) is 5.11 Å². The molecule has 7 heteroatoms. The van der Waals surface area contributed by atoms with Crippen molar-refractivity contribution in [3.63, 3.8) is 0 Å². The topological polar surface area (TPSA) is 55.8 Å². The quantitative estimate of drug-likeness (QED) is 0.372. The van der Waals surface area contributed by atoms with Gasteiger partial charge in [-0.1, -0.05) is 109 Å². The fraction of sp³-hybridized carbons (Fsp3) is 0.367. The number of benzene rings is 3. The molecule has 3 aromatic rings. The molecule has 0 bridgehead atoms. The minimum atomic E-state index is -0.245. The highest BCUT2D eigenvalue weighted by Gasteiger charge is 1.86. The number of esters is 1. The molecule has 0 amide bonds. The number of hydrogen-bond donors (Lipinski definition) is 1. The maximum absolute atomic E-state index is 9.59. The second kappa shape index (κ2) is 33.7. The van der Waals surface area contributed by atoms with Gasteiger partial charge in [-0.3, -0.25) is 4.79 Å². The first-order chi connectivity index (χ1) is 18.0. The molecule has 3 aromatic carbocycles. The van der Waals surface area contributed by atoms with Crippen molar-refractivity contribution < 1.29 is 19.4 Å². The van der Waals surface area contributed by atoms with E-state index in [2.05, 4.69) is 100 Å². The Morgan fingerprint density at radius 2 is 0.784 bits per heavy atom. The first-order valence-electron chi connectivity index (χ1n) is 13.0. The first kappa shape index (κ1) is 39.2. The van der Waals surface area contributed by atoms with Gasteiger partial charge in [-0.05, 0) is 36.0 Å². The normalized spacial score (nSPS) is 8.70. The van der Waals surface area contributed by atoms with E-state index in [-0.39, 0.29) is 5.97 Å². The Kier molecular flexibility index (Phi) is 35.7. The third kappa shape index (κ3) is 31.7. The van der Waals surface area contributed by atoms with Crippen molar-refractivity contribution in [2.75, 3.05) is 28.4 Å². The van der Waals surface area contributed by atoms with Crippen LogP contribution in [0.4, 0.5) is 0 Å².